The summed E-state index contributed by atoms with van der Waals surface area (Å²) in [4.78, 5) is 6.66. The molecule has 1 aliphatic heterocycles. The predicted octanol–water partition coefficient (Wildman–Crippen LogP) is 2.66. The highest BCUT2D eigenvalue weighted by Crippen LogP contribution is 2.42. The van der Waals surface area contributed by atoms with Crippen LogP contribution in [-0.4, -0.2) is 35.2 Å². The first-order valence-electron chi connectivity index (χ1n) is 8.64. The smallest absolute Gasteiger partial charge is 0.427 e. The molecular weight excluding hydrogens is 313 g/mol. The van der Waals surface area contributed by atoms with Crippen LogP contribution in [0.5, 0.6) is 0 Å². The Labute approximate surface area is 149 Å². The Balaban J connectivity index is 1.95. The quantitative estimate of drug-likeness (QED) is 0.839. The minimum Gasteiger partial charge on any atom is -0.427 e. The molecule has 1 saturated heterocycles. The topological polar surface area (TPSA) is 80.4 Å². The van der Waals surface area contributed by atoms with Crippen molar-refractivity contribution in [3.63, 3.8) is 0 Å². The van der Waals surface area contributed by atoms with Crippen LogP contribution in [-0.2, 0) is 0 Å². The fraction of sp³-hybridized carbons (Fsp3) is 0.474. The lowest BCUT2D eigenvalue weighted by Crippen LogP contribution is -2.54. The Morgan fingerprint density at radius 2 is 1.92 bits per heavy atom. The van der Waals surface area contributed by atoms with E-state index in [0.717, 1.165) is 29.7 Å². The molecule has 0 bridgehead atoms. The molecule has 0 atom stereocenters. The molecule has 1 aromatic heterocycles. The Hall–Kier alpha value is -2.10. The van der Waals surface area contributed by atoms with E-state index in [-0.39, 0.29) is 5.41 Å². The minimum absolute atomic E-state index is 0.160. The van der Waals surface area contributed by atoms with Gasteiger partial charge in [0.2, 0.25) is 0 Å². The number of nitrogens with zero attached hydrogens (tertiary/aromatic N) is 3. The Bertz CT molecular complexity index is 852. The molecule has 0 unspecified atom stereocenters. The number of hydrogen-bond acceptors (Lipinski definition) is 5. The molecule has 0 saturated carbocycles. The minimum atomic E-state index is -1.29. The number of hydrogen-bond donors (Lipinski definition) is 2. The van der Waals surface area contributed by atoms with E-state index in [4.69, 9.17) is 0 Å². The van der Waals surface area contributed by atoms with Crippen molar-refractivity contribution in [3.8, 4) is 6.07 Å². The van der Waals surface area contributed by atoms with Crippen LogP contribution in [0.2, 0.25) is 6.32 Å². The fourth-order valence-corrected chi connectivity index (χ4v) is 3.65. The van der Waals surface area contributed by atoms with E-state index in [9.17, 15) is 15.3 Å². The summed E-state index contributed by atoms with van der Waals surface area (Å²) in [6.45, 7) is 9.88. The van der Waals surface area contributed by atoms with E-state index in [1.165, 1.54) is 11.1 Å². The van der Waals surface area contributed by atoms with Crippen molar-refractivity contribution in [1.29, 1.82) is 5.26 Å². The molecule has 5 nitrogen and oxygen atoms in total. The van der Waals surface area contributed by atoms with Gasteiger partial charge in [0.05, 0.1) is 16.8 Å². The van der Waals surface area contributed by atoms with Gasteiger partial charge in [-0.25, -0.2) is 0 Å². The highest BCUT2D eigenvalue weighted by Gasteiger charge is 2.41. The van der Waals surface area contributed by atoms with Crippen LogP contribution in [0, 0.1) is 36.5 Å². The summed E-state index contributed by atoms with van der Waals surface area (Å²) < 4.78 is 0. The SMILES string of the molecule is Cc1cc2ncc(C#N)c(N3CC(C(C)(C)CB(O)O)C3)c2cc1C. The van der Waals surface area contributed by atoms with Crippen molar-refractivity contribution in [1.82, 2.24) is 4.98 Å². The van der Waals surface area contributed by atoms with E-state index < -0.39 is 7.12 Å². The van der Waals surface area contributed by atoms with E-state index in [0.29, 0.717) is 17.8 Å². The Morgan fingerprint density at radius 3 is 2.52 bits per heavy atom. The summed E-state index contributed by atoms with van der Waals surface area (Å²) in [6.07, 6.45) is 2.01. The number of aryl methyl sites for hydroxylation is 2. The van der Waals surface area contributed by atoms with Crippen molar-refractivity contribution in [2.24, 2.45) is 11.3 Å². The molecule has 1 fully saturated rings. The number of benzene rings is 1. The van der Waals surface area contributed by atoms with E-state index in [2.05, 4.69) is 55.8 Å². The maximum Gasteiger partial charge on any atom is 0.451 e. The van der Waals surface area contributed by atoms with Crippen LogP contribution in [0.1, 0.15) is 30.5 Å². The van der Waals surface area contributed by atoms with Gasteiger partial charge in [-0.05, 0) is 54.8 Å². The van der Waals surface area contributed by atoms with Gasteiger partial charge in [-0.3, -0.25) is 4.98 Å². The molecule has 1 aromatic carbocycles. The van der Waals surface area contributed by atoms with Crippen LogP contribution in [0.15, 0.2) is 18.3 Å². The zero-order valence-corrected chi connectivity index (χ0v) is 15.2. The summed E-state index contributed by atoms with van der Waals surface area (Å²) in [5, 5.41) is 29.2. The van der Waals surface area contributed by atoms with Crippen molar-refractivity contribution in [2.45, 2.75) is 34.0 Å². The summed E-state index contributed by atoms with van der Waals surface area (Å²) in [7, 11) is -1.29. The summed E-state index contributed by atoms with van der Waals surface area (Å²) >= 11 is 0. The fourth-order valence-electron chi connectivity index (χ4n) is 3.65. The number of fused-ring (bicyclic) bond motifs is 1. The number of rotatable bonds is 4. The first-order chi connectivity index (χ1) is 11.7. The first kappa shape index (κ1) is 17.7. The maximum atomic E-state index is 9.53. The molecule has 0 amide bonds. The van der Waals surface area contributed by atoms with Crippen molar-refractivity contribution < 1.29 is 10.0 Å². The van der Waals surface area contributed by atoms with Crippen LogP contribution in [0.3, 0.4) is 0 Å². The van der Waals surface area contributed by atoms with E-state index in [1.54, 1.807) is 6.20 Å². The molecule has 0 aliphatic carbocycles. The van der Waals surface area contributed by atoms with Crippen LogP contribution in [0.25, 0.3) is 10.9 Å². The molecule has 2 heterocycles. The standard InChI is InChI=1S/C19H24BN3O2/c1-12-5-16-17(6-13(12)2)22-8-14(7-21)18(16)23-9-15(10-23)19(3,4)11-20(24)25/h5-6,8,15,24-25H,9-11H2,1-4H3. The average molecular weight is 337 g/mol. The Morgan fingerprint density at radius 1 is 1.28 bits per heavy atom. The molecule has 2 N–H and O–H groups in total. The van der Waals surface area contributed by atoms with Crippen LogP contribution >= 0.6 is 0 Å². The van der Waals surface area contributed by atoms with E-state index >= 15 is 0 Å². The highest BCUT2D eigenvalue weighted by atomic mass is 16.4. The van der Waals surface area contributed by atoms with Crippen molar-refractivity contribution in [2.75, 3.05) is 18.0 Å². The lowest BCUT2D eigenvalue weighted by molar-refractivity contribution is 0.182. The van der Waals surface area contributed by atoms with Gasteiger partial charge >= 0.3 is 7.12 Å². The monoisotopic (exact) mass is 337 g/mol. The summed E-state index contributed by atoms with van der Waals surface area (Å²) in [5.74, 6) is 0.357. The van der Waals surface area contributed by atoms with Gasteiger partial charge in [0.25, 0.3) is 0 Å². The van der Waals surface area contributed by atoms with Gasteiger partial charge in [0, 0.05) is 24.7 Å². The first-order valence-corrected chi connectivity index (χ1v) is 8.64. The zero-order chi connectivity index (χ0) is 18.4. The van der Waals surface area contributed by atoms with Gasteiger partial charge in [0.1, 0.15) is 6.07 Å². The molecule has 3 rings (SSSR count). The van der Waals surface area contributed by atoms with Gasteiger partial charge in [-0.15, -0.1) is 0 Å². The summed E-state index contributed by atoms with van der Waals surface area (Å²) in [6, 6.07) is 6.46. The molecular formula is C19H24BN3O2. The lowest BCUT2D eigenvalue weighted by atomic mass is 9.62. The number of nitriles is 1. The average Bonchev–Trinajstić information content (AvgIpc) is 2.45. The molecule has 25 heavy (non-hydrogen) atoms. The molecule has 1 aliphatic rings. The van der Waals surface area contributed by atoms with Crippen molar-refractivity contribution >= 4 is 23.7 Å². The highest BCUT2D eigenvalue weighted by molar-refractivity contribution is 6.41. The molecule has 2 aromatic rings. The maximum absolute atomic E-state index is 9.53. The number of pyridine rings is 1. The number of anilines is 1. The van der Waals surface area contributed by atoms with Crippen molar-refractivity contribution in [3.05, 3.63) is 35.0 Å². The second-order valence-corrected chi connectivity index (χ2v) is 7.86. The Kier molecular flexibility index (Phi) is 4.48. The van der Waals surface area contributed by atoms with Crippen LogP contribution < -0.4 is 4.90 Å². The largest absolute Gasteiger partial charge is 0.451 e. The normalized spacial score (nSPS) is 15.2. The molecule has 6 heteroatoms. The molecule has 130 valence electrons. The third-order valence-corrected chi connectivity index (χ3v) is 5.59. The number of aromatic nitrogens is 1. The zero-order valence-electron chi connectivity index (χ0n) is 15.2. The van der Waals surface area contributed by atoms with Gasteiger partial charge < -0.3 is 14.9 Å². The molecule has 0 spiro atoms. The second kappa shape index (κ2) is 6.32. The predicted molar refractivity (Wildman–Crippen MR) is 100 cm³/mol. The van der Waals surface area contributed by atoms with Gasteiger partial charge in [0.15, 0.2) is 0 Å². The van der Waals surface area contributed by atoms with Gasteiger partial charge in [-0.1, -0.05) is 13.8 Å². The van der Waals surface area contributed by atoms with Crippen LogP contribution in [0.4, 0.5) is 5.69 Å². The third kappa shape index (κ3) is 3.22. The summed E-state index contributed by atoms with van der Waals surface area (Å²) in [5.41, 5.74) is 4.67. The third-order valence-electron chi connectivity index (χ3n) is 5.59. The van der Waals surface area contributed by atoms with E-state index in [1.807, 2.05) is 0 Å². The molecule has 0 radical (unpaired) electrons. The van der Waals surface area contributed by atoms with Gasteiger partial charge in [-0.2, -0.15) is 5.26 Å². The lowest BCUT2D eigenvalue weighted by Gasteiger charge is -2.49. The second-order valence-electron chi connectivity index (χ2n) is 7.86.